The molecule has 0 bridgehead atoms. The molecule has 132 valence electrons. The summed E-state index contributed by atoms with van der Waals surface area (Å²) in [6.07, 6.45) is 0.735. The van der Waals surface area contributed by atoms with Crippen LogP contribution in [0.3, 0.4) is 0 Å². The molecule has 1 unspecified atom stereocenters. The Balaban J connectivity index is 2.08. The number of amides is 2. The summed E-state index contributed by atoms with van der Waals surface area (Å²) >= 11 is 0. The fourth-order valence-electron chi connectivity index (χ4n) is 2.60. The van der Waals surface area contributed by atoms with Crippen molar-refractivity contribution in [2.24, 2.45) is 0 Å². The van der Waals surface area contributed by atoms with E-state index < -0.39 is 6.09 Å². The Morgan fingerprint density at radius 1 is 1.08 bits per heavy atom. The summed E-state index contributed by atoms with van der Waals surface area (Å²) in [4.78, 5) is 25.6. The Kier molecular flexibility index (Phi) is 6.57. The largest absolute Gasteiger partial charge is 0.415 e. The normalized spacial score (nSPS) is 11.5. The third-order valence-corrected chi connectivity index (χ3v) is 3.97. The van der Waals surface area contributed by atoms with Crippen molar-refractivity contribution < 1.29 is 14.3 Å². The van der Waals surface area contributed by atoms with Gasteiger partial charge in [0.1, 0.15) is 5.75 Å². The predicted octanol–water partition coefficient (Wildman–Crippen LogP) is 4.62. The van der Waals surface area contributed by atoms with E-state index in [1.54, 1.807) is 43.1 Å². The number of ether oxygens (including phenoxy) is 1. The van der Waals surface area contributed by atoms with Crippen molar-refractivity contribution in [1.82, 2.24) is 4.90 Å². The van der Waals surface area contributed by atoms with E-state index in [9.17, 15) is 9.59 Å². The van der Waals surface area contributed by atoms with Crippen LogP contribution in [0.5, 0.6) is 5.75 Å². The molecule has 0 heterocycles. The Morgan fingerprint density at radius 3 is 2.44 bits per heavy atom. The number of benzene rings is 2. The molecule has 2 aromatic rings. The van der Waals surface area contributed by atoms with Gasteiger partial charge in [-0.25, -0.2) is 4.79 Å². The van der Waals surface area contributed by atoms with Gasteiger partial charge >= 0.3 is 6.09 Å². The fraction of sp³-hybridized carbons (Fsp3) is 0.300. The molecule has 0 spiro atoms. The SMILES string of the molecule is CCC(=O)Nc1cccc(OC(=O)N(C)C(CC)c2ccccc2)c1. The van der Waals surface area contributed by atoms with Gasteiger partial charge in [-0.15, -0.1) is 0 Å². The van der Waals surface area contributed by atoms with Crippen molar-refractivity contribution in [1.29, 1.82) is 0 Å². The maximum absolute atomic E-state index is 12.5. The molecule has 0 aliphatic carbocycles. The van der Waals surface area contributed by atoms with E-state index >= 15 is 0 Å². The van der Waals surface area contributed by atoms with Gasteiger partial charge in [0.15, 0.2) is 0 Å². The van der Waals surface area contributed by atoms with Crippen molar-refractivity contribution in [3.05, 3.63) is 60.2 Å². The molecule has 0 saturated heterocycles. The van der Waals surface area contributed by atoms with Crippen molar-refractivity contribution in [3.63, 3.8) is 0 Å². The zero-order valence-electron chi connectivity index (χ0n) is 14.9. The van der Waals surface area contributed by atoms with Crippen LogP contribution < -0.4 is 10.1 Å². The van der Waals surface area contributed by atoms with Crippen LogP contribution in [0, 0.1) is 0 Å². The predicted molar refractivity (Wildman–Crippen MR) is 98.6 cm³/mol. The molecule has 5 nitrogen and oxygen atoms in total. The zero-order chi connectivity index (χ0) is 18.2. The summed E-state index contributed by atoms with van der Waals surface area (Å²) in [6.45, 7) is 3.81. The number of carbonyl (C=O) groups is 2. The minimum absolute atomic E-state index is 0.0586. The number of anilines is 1. The molecule has 2 aromatic carbocycles. The molecule has 2 rings (SSSR count). The molecule has 1 atom stereocenters. The second-order valence-corrected chi connectivity index (χ2v) is 5.74. The highest BCUT2D eigenvalue weighted by molar-refractivity contribution is 5.90. The van der Waals surface area contributed by atoms with E-state index in [4.69, 9.17) is 4.74 Å². The second kappa shape index (κ2) is 8.87. The lowest BCUT2D eigenvalue weighted by molar-refractivity contribution is -0.115. The number of nitrogens with one attached hydrogen (secondary N) is 1. The summed E-state index contributed by atoms with van der Waals surface area (Å²) in [5.74, 6) is 0.310. The summed E-state index contributed by atoms with van der Waals surface area (Å²) in [5.41, 5.74) is 1.67. The number of hydrogen-bond acceptors (Lipinski definition) is 3. The van der Waals surface area contributed by atoms with Crippen LogP contribution in [-0.2, 0) is 4.79 Å². The average Bonchev–Trinajstić information content (AvgIpc) is 2.63. The van der Waals surface area contributed by atoms with Gasteiger partial charge in [0.25, 0.3) is 0 Å². The van der Waals surface area contributed by atoms with Crippen LogP contribution in [0.2, 0.25) is 0 Å². The molecule has 0 aromatic heterocycles. The standard InChI is InChI=1S/C20H24N2O3/c1-4-18(15-10-7-6-8-11-15)22(3)20(24)25-17-13-9-12-16(14-17)21-19(23)5-2/h6-14,18H,4-5H2,1-3H3,(H,21,23). The molecule has 2 amide bonds. The van der Waals surface area contributed by atoms with E-state index in [-0.39, 0.29) is 11.9 Å². The smallest absolute Gasteiger partial charge is 0.410 e. The van der Waals surface area contributed by atoms with Crippen LogP contribution in [0.25, 0.3) is 0 Å². The van der Waals surface area contributed by atoms with Crippen molar-refractivity contribution >= 4 is 17.7 Å². The maximum atomic E-state index is 12.5. The third kappa shape index (κ3) is 5.08. The molecule has 1 N–H and O–H groups in total. The summed E-state index contributed by atoms with van der Waals surface area (Å²) in [7, 11) is 1.73. The van der Waals surface area contributed by atoms with Crippen LogP contribution in [-0.4, -0.2) is 23.9 Å². The van der Waals surface area contributed by atoms with E-state index in [2.05, 4.69) is 5.32 Å². The Hall–Kier alpha value is -2.82. The monoisotopic (exact) mass is 340 g/mol. The average molecular weight is 340 g/mol. The first-order chi connectivity index (χ1) is 12.0. The van der Waals surface area contributed by atoms with E-state index in [0.717, 1.165) is 12.0 Å². The van der Waals surface area contributed by atoms with Gasteiger partial charge in [0.2, 0.25) is 5.91 Å². The van der Waals surface area contributed by atoms with Crippen LogP contribution >= 0.6 is 0 Å². The molecule has 0 saturated carbocycles. The highest BCUT2D eigenvalue weighted by Gasteiger charge is 2.21. The van der Waals surface area contributed by atoms with Gasteiger partial charge < -0.3 is 15.0 Å². The minimum Gasteiger partial charge on any atom is -0.410 e. The lowest BCUT2D eigenvalue weighted by atomic mass is 10.0. The first kappa shape index (κ1) is 18.5. The Labute approximate surface area is 148 Å². The third-order valence-electron chi connectivity index (χ3n) is 3.97. The summed E-state index contributed by atoms with van der Waals surface area (Å²) < 4.78 is 5.47. The van der Waals surface area contributed by atoms with Gasteiger partial charge in [-0.2, -0.15) is 0 Å². The van der Waals surface area contributed by atoms with Gasteiger partial charge in [-0.1, -0.05) is 50.2 Å². The summed E-state index contributed by atoms with van der Waals surface area (Å²) in [5, 5.41) is 2.75. The number of hydrogen-bond donors (Lipinski definition) is 1. The van der Waals surface area contributed by atoms with Crippen LogP contribution in [0.1, 0.15) is 38.3 Å². The minimum atomic E-state index is -0.435. The van der Waals surface area contributed by atoms with Gasteiger partial charge in [-0.05, 0) is 24.1 Å². The second-order valence-electron chi connectivity index (χ2n) is 5.74. The van der Waals surface area contributed by atoms with E-state index in [1.165, 1.54) is 0 Å². The molecular formula is C20H24N2O3. The van der Waals surface area contributed by atoms with Crippen molar-refractivity contribution in [3.8, 4) is 5.75 Å². The first-order valence-corrected chi connectivity index (χ1v) is 8.44. The molecule has 5 heteroatoms. The van der Waals surface area contributed by atoms with Crippen molar-refractivity contribution in [2.75, 3.05) is 12.4 Å². The Morgan fingerprint density at radius 2 is 1.80 bits per heavy atom. The number of nitrogens with zero attached hydrogens (tertiary/aromatic N) is 1. The summed E-state index contributed by atoms with van der Waals surface area (Å²) in [6, 6.07) is 16.6. The molecule has 0 fully saturated rings. The molecule has 0 aliphatic rings. The highest BCUT2D eigenvalue weighted by atomic mass is 16.6. The number of carbonyl (C=O) groups excluding carboxylic acids is 2. The number of rotatable bonds is 6. The Bertz CT molecular complexity index is 716. The van der Waals surface area contributed by atoms with Crippen LogP contribution in [0.15, 0.2) is 54.6 Å². The zero-order valence-corrected chi connectivity index (χ0v) is 14.9. The maximum Gasteiger partial charge on any atom is 0.415 e. The van der Waals surface area contributed by atoms with E-state index in [0.29, 0.717) is 17.9 Å². The van der Waals surface area contributed by atoms with Crippen LogP contribution in [0.4, 0.5) is 10.5 Å². The van der Waals surface area contributed by atoms with Gasteiger partial charge in [0.05, 0.1) is 6.04 Å². The first-order valence-electron chi connectivity index (χ1n) is 8.44. The fourth-order valence-corrected chi connectivity index (χ4v) is 2.60. The molecule has 0 aliphatic heterocycles. The quantitative estimate of drug-likeness (QED) is 0.835. The molecular weight excluding hydrogens is 316 g/mol. The lowest BCUT2D eigenvalue weighted by Gasteiger charge is -2.27. The highest BCUT2D eigenvalue weighted by Crippen LogP contribution is 2.24. The molecule has 25 heavy (non-hydrogen) atoms. The van der Waals surface area contributed by atoms with Gasteiger partial charge in [0, 0.05) is 25.2 Å². The van der Waals surface area contributed by atoms with E-state index in [1.807, 2.05) is 37.3 Å². The van der Waals surface area contributed by atoms with Gasteiger partial charge in [-0.3, -0.25) is 4.79 Å². The molecule has 0 radical (unpaired) electrons. The lowest BCUT2D eigenvalue weighted by Crippen LogP contribution is -2.33. The topological polar surface area (TPSA) is 58.6 Å². The van der Waals surface area contributed by atoms with Crippen molar-refractivity contribution in [2.45, 2.75) is 32.7 Å².